The van der Waals surface area contributed by atoms with Gasteiger partial charge in [-0.25, -0.2) is 0 Å². The standard InChI is InChI=1S/C5H12OSi.H2/c1-7-5-3-2-4-6-7;/h7H,2-5H2,1H3;1H. The van der Waals surface area contributed by atoms with Crippen LogP contribution in [-0.4, -0.2) is 15.6 Å². The van der Waals surface area contributed by atoms with E-state index in [1.165, 1.54) is 18.9 Å². The second kappa shape index (κ2) is 2.48. The lowest BCUT2D eigenvalue weighted by Gasteiger charge is -2.16. The van der Waals surface area contributed by atoms with Gasteiger partial charge in [0.25, 0.3) is 0 Å². The molecule has 0 bridgehead atoms. The summed E-state index contributed by atoms with van der Waals surface area (Å²) in [6.45, 7) is 3.33. The van der Waals surface area contributed by atoms with Gasteiger partial charge >= 0.3 is 0 Å². The largest absolute Gasteiger partial charge is 0.420 e. The molecule has 1 nitrogen and oxygen atoms in total. The van der Waals surface area contributed by atoms with Crippen molar-refractivity contribution in [2.24, 2.45) is 0 Å². The third-order valence-electron chi connectivity index (χ3n) is 1.41. The van der Waals surface area contributed by atoms with Crippen LogP contribution in [-0.2, 0) is 4.43 Å². The molecule has 7 heavy (non-hydrogen) atoms. The van der Waals surface area contributed by atoms with E-state index >= 15 is 0 Å². The van der Waals surface area contributed by atoms with E-state index in [9.17, 15) is 0 Å². The third kappa shape index (κ3) is 1.61. The third-order valence-corrected chi connectivity index (χ3v) is 3.43. The van der Waals surface area contributed by atoms with Gasteiger partial charge in [0.05, 0.1) is 0 Å². The van der Waals surface area contributed by atoms with Crippen molar-refractivity contribution in [2.45, 2.75) is 25.4 Å². The SMILES string of the molecule is C[SiH]1CCCCO1.[HH]. The Balaban J connectivity index is 0.000000490. The van der Waals surface area contributed by atoms with Crippen LogP contribution < -0.4 is 0 Å². The van der Waals surface area contributed by atoms with Gasteiger partial charge in [-0.2, -0.15) is 0 Å². The van der Waals surface area contributed by atoms with Gasteiger partial charge in [-0.05, 0) is 19.0 Å². The Bertz CT molecular complexity index is 54.4. The lowest BCUT2D eigenvalue weighted by atomic mass is 10.4. The summed E-state index contributed by atoms with van der Waals surface area (Å²) in [5.74, 6) is 0. The van der Waals surface area contributed by atoms with Gasteiger partial charge in [0.1, 0.15) is 0 Å². The van der Waals surface area contributed by atoms with Gasteiger partial charge < -0.3 is 4.43 Å². The minimum atomic E-state index is -0.595. The van der Waals surface area contributed by atoms with Gasteiger partial charge in [-0.15, -0.1) is 0 Å². The first kappa shape index (κ1) is 5.32. The molecule has 0 saturated carbocycles. The Labute approximate surface area is 47.9 Å². The van der Waals surface area contributed by atoms with Crippen LogP contribution in [0.1, 0.15) is 14.3 Å². The van der Waals surface area contributed by atoms with Gasteiger partial charge in [0.15, 0.2) is 9.04 Å². The summed E-state index contributed by atoms with van der Waals surface area (Å²) in [7, 11) is -0.595. The smallest absolute Gasteiger partial charge is 0.173 e. The Morgan fingerprint density at radius 3 is 2.71 bits per heavy atom. The van der Waals surface area contributed by atoms with Crippen LogP contribution in [0, 0.1) is 0 Å². The van der Waals surface area contributed by atoms with Crippen molar-refractivity contribution in [1.29, 1.82) is 0 Å². The summed E-state index contributed by atoms with van der Waals surface area (Å²) in [5, 5.41) is 0. The van der Waals surface area contributed by atoms with E-state index in [4.69, 9.17) is 4.43 Å². The molecule has 0 N–H and O–H groups in total. The predicted octanol–water partition coefficient (Wildman–Crippen LogP) is 1.40. The highest BCUT2D eigenvalue weighted by Crippen LogP contribution is 2.09. The van der Waals surface area contributed by atoms with Gasteiger partial charge in [0, 0.05) is 8.03 Å². The Hall–Kier alpha value is 0.177. The zero-order valence-corrected chi connectivity index (χ0v) is 5.97. The highest BCUT2D eigenvalue weighted by molar-refractivity contribution is 6.50. The van der Waals surface area contributed by atoms with Crippen LogP contribution in [0.4, 0.5) is 0 Å². The first-order chi connectivity index (χ1) is 3.39. The monoisotopic (exact) mass is 118 g/mol. The molecule has 1 heterocycles. The Morgan fingerprint density at radius 2 is 2.43 bits per heavy atom. The first-order valence-electron chi connectivity index (χ1n) is 3.01. The molecule has 0 amide bonds. The van der Waals surface area contributed by atoms with Crippen LogP contribution in [0.2, 0.25) is 12.6 Å². The van der Waals surface area contributed by atoms with Gasteiger partial charge in [-0.1, -0.05) is 6.42 Å². The highest BCUT2D eigenvalue weighted by Gasteiger charge is 2.08. The van der Waals surface area contributed by atoms with Gasteiger partial charge in [-0.3, -0.25) is 0 Å². The van der Waals surface area contributed by atoms with Crippen molar-refractivity contribution >= 4 is 9.04 Å². The lowest BCUT2D eigenvalue weighted by molar-refractivity contribution is 0.291. The topological polar surface area (TPSA) is 9.23 Å². The lowest BCUT2D eigenvalue weighted by Crippen LogP contribution is -2.18. The molecule has 0 radical (unpaired) electrons. The molecule has 1 atom stereocenters. The van der Waals surface area contributed by atoms with E-state index in [1.807, 2.05) is 0 Å². The fourth-order valence-electron chi connectivity index (χ4n) is 0.902. The van der Waals surface area contributed by atoms with Crippen molar-refractivity contribution < 1.29 is 5.85 Å². The second-order valence-electron chi connectivity index (χ2n) is 2.18. The summed E-state index contributed by atoms with van der Waals surface area (Å²) >= 11 is 0. The zero-order chi connectivity index (χ0) is 5.11. The average Bonchev–Trinajstić information content (AvgIpc) is 1.69. The number of hydrogen-bond donors (Lipinski definition) is 0. The number of rotatable bonds is 0. The summed E-state index contributed by atoms with van der Waals surface area (Å²) in [5.41, 5.74) is 0. The molecule has 1 unspecified atom stereocenters. The van der Waals surface area contributed by atoms with Crippen molar-refractivity contribution in [2.75, 3.05) is 6.61 Å². The fourth-order valence-corrected chi connectivity index (χ4v) is 2.50. The quantitative estimate of drug-likeness (QED) is 0.437. The van der Waals surface area contributed by atoms with Gasteiger partial charge in [0.2, 0.25) is 0 Å². The molecule has 1 fully saturated rings. The maximum Gasteiger partial charge on any atom is 0.173 e. The normalized spacial score (nSPS) is 33.0. The molecule has 0 aromatic heterocycles. The molecular weight excluding hydrogens is 104 g/mol. The molecule has 0 spiro atoms. The molecule has 1 saturated heterocycles. The van der Waals surface area contributed by atoms with E-state index in [2.05, 4.69) is 6.55 Å². The van der Waals surface area contributed by atoms with Crippen LogP contribution in [0.25, 0.3) is 0 Å². The summed E-state index contributed by atoms with van der Waals surface area (Å²) in [6.07, 6.45) is 2.73. The average molecular weight is 118 g/mol. The highest BCUT2D eigenvalue weighted by atomic mass is 28.3. The summed E-state index contributed by atoms with van der Waals surface area (Å²) < 4.78 is 5.42. The van der Waals surface area contributed by atoms with Crippen molar-refractivity contribution in [3.63, 3.8) is 0 Å². The minimum Gasteiger partial charge on any atom is -0.420 e. The van der Waals surface area contributed by atoms with Crippen LogP contribution in [0.3, 0.4) is 0 Å². The van der Waals surface area contributed by atoms with E-state index < -0.39 is 9.04 Å². The molecule has 0 aromatic carbocycles. The maximum absolute atomic E-state index is 5.42. The molecule has 1 aliphatic heterocycles. The molecular formula is C5H14OSi. The van der Waals surface area contributed by atoms with Crippen molar-refractivity contribution in [1.82, 2.24) is 0 Å². The predicted molar refractivity (Wildman–Crippen MR) is 35.1 cm³/mol. The number of hydrogen-bond acceptors (Lipinski definition) is 1. The van der Waals surface area contributed by atoms with Crippen molar-refractivity contribution in [3.05, 3.63) is 0 Å². The van der Waals surface area contributed by atoms with E-state index in [0.717, 1.165) is 6.61 Å². The molecule has 0 aliphatic carbocycles. The molecule has 1 aliphatic rings. The van der Waals surface area contributed by atoms with E-state index in [0.29, 0.717) is 0 Å². The Kier molecular flexibility index (Phi) is 1.88. The first-order valence-corrected chi connectivity index (χ1v) is 5.45. The molecule has 44 valence electrons. The molecule has 2 heteroatoms. The maximum atomic E-state index is 5.42. The van der Waals surface area contributed by atoms with Crippen LogP contribution in [0.5, 0.6) is 0 Å². The van der Waals surface area contributed by atoms with Crippen molar-refractivity contribution in [3.8, 4) is 0 Å². The summed E-state index contributed by atoms with van der Waals surface area (Å²) in [4.78, 5) is 0. The van der Waals surface area contributed by atoms with Crippen LogP contribution >= 0.6 is 0 Å². The Morgan fingerprint density at radius 1 is 1.57 bits per heavy atom. The minimum absolute atomic E-state index is 0. The molecule has 0 aromatic rings. The zero-order valence-electron chi connectivity index (χ0n) is 4.81. The van der Waals surface area contributed by atoms with E-state index in [1.54, 1.807) is 0 Å². The van der Waals surface area contributed by atoms with E-state index in [-0.39, 0.29) is 1.43 Å². The van der Waals surface area contributed by atoms with Crippen LogP contribution in [0.15, 0.2) is 0 Å². The fraction of sp³-hybridized carbons (Fsp3) is 1.00. The molecule has 1 rings (SSSR count). The summed E-state index contributed by atoms with van der Waals surface area (Å²) in [6, 6.07) is 1.40. The second-order valence-corrected chi connectivity index (χ2v) is 4.71.